The van der Waals surface area contributed by atoms with Gasteiger partial charge in [-0.15, -0.1) is 0 Å². The van der Waals surface area contributed by atoms with Gasteiger partial charge in [0.2, 0.25) is 0 Å². The number of ether oxygens (including phenoxy) is 2. The molecule has 0 spiro atoms. The molecule has 0 bridgehead atoms. The Hall–Kier alpha value is -4.13. The van der Waals surface area contributed by atoms with Gasteiger partial charge in [0, 0.05) is 6.08 Å². The van der Waals surface area contributed by atoms with E-state index in [0.717, 1.165) is 39.4 Å². The minimum atomic E-state index is -0.610. The Morgan fingerprint density at radius 1 is 0.762 bits per heavy atom. The SMILES string of the molecule is C=CC(=O)OCCOc1ccc2c(c1)C(c1ccccc1)(c1ccccc1)c1cc(B3OC(C)(C)C(C)(C)O3)ccc1-2. The summed E-state index contributed by atoms with van der Waals surface area (Å²) in [7, 11) is -0.481. The van der Waals surface area contributed by atoms with E-state index in [4.69, 9.17) is 18.8 Å². The lowest BCUT2D eigenvalue weighted by atomic mass is 9.66. The van der Waals surface area contributed by atoms with Crippen molar-refractivity contribution >= 4 is 18.6 Å². The van der Waals surface area contributed by atoms with E-state index in [1.807, 2.05) is 18.2 Å². The second-order valence-electron chi connectivity index (χ2n) is 11.8. The van der Waals surface area contributed by atoms with Gasteiger partial charge in [0.05, 0.1) is 16.6 Å². The van der Waals surface area contributed by atoms with Crippen molar-refractivity contribution in [3.63, 3.8) is 0 Å². The first-order chi connectivity index (χ1) is 20.2. The van der Waals surface area contributed by atoms with Crippen LogP contribution in [0.15, 0.2) is 110 Å². The number of benzene rings is 4. The van der Waals surface area contributed by atoms with Gasteiger partial charge in [-0.3, -0.25) is 0 Å². The Morgan fingerprint density at radius 2 is 1.31 bits per heavy atom. The molecule has 4 aromatic carbocycles. The van der Waals surface area contributed by atoms with E-state index in [0.29, 0.717) is 5.75 Å². The summed E-state index contributed by atoms with van der Waals surface area (Å²) in [6.45, 7) is 12.1. The topological polar surface area (TPSA) is 54.0 Å². The van der Waals surface area contributed by atoms with Crippen LogP contribution in [0.3, 0.4) is 0 Å². The van der Waals surface area contributed by atoms with E-state index in [9.17, 15) is 4.79 Å². The summed E-state index contributed by atoms with van der Waals surface area (Å²) in [6.07, 6.45) is 1.15. The van der Waals surface area contributed by atoms with Crippen molar-refractivity contribution in [1.29, 1.82) is 0 Å². The molecule has 5 nitrogen and oxygen atoms in total. The highest BCUT2D eigenvalue weighted by Crippen LogP contribution is 2.56. The van der Waals surface area contributed by atoms with Crippen LogP contribution in [0, 0.1) is 0 Å². The maximum absolute atomic E-state index is 11.5. The molecule has 0 amide bonds. The van der Waals surface area contributed by atoms with E-state index in [1.165, 1.54) is 5.56 Å². The molecule has 1 heterocycles. The number of carbonyl (C=O) groups excluding carboxylic acids is 1. The first kappa shape index (κ1) is 28.0. The zero-order valence-electron chi connectivity index (χ0n) is 24.6. The highest BCUT2D eigenvalue weighted by atomic mass is 16.7. The van der Waals surface area contributed by atoms with E-state index >= 15 is 0 Å². The zero-order valence-corrected chi connectivity index (χ0v) is 24.6. The van der Waals surface area contributed by atoms with E-state index in [-0.39, 0.29) is 13.2 Å². The minimum Gasteiger partial charge on any atom is -0.490 e. The van der Waals surface area contributed by atoms with Crippen LogP contribution in [0.2, 0.25) is 0 Å². The van der Waals surface area contributed by atoms with Crippen molar-refractivity contribution in [3.8, 4) is 16.9 Å². The number of carbonyl (C=O) groups is 1. The third kappa shape index (κ3) is 4.55. The van der Waals surface area contributed by atoms with Gasteiger partial charge in [-0.2, -0.15) is 0 Å². The van der Waals surface area contributed by atoms with Crippen LogP contribution < -0.4 is 10.2 Å². The van der Waals surface area contributed by atoms with Crippen LogP contribution in [-0.2, 0) is 24.3 Å². The number of esters is 1. The molecule has 1 aliphatic carbocycles. The normalized spacial score (nSPS) is 17.3. The van der Waals surface area contributed by atoms with Gasteiger partial charge in [0.15, 0.2) is 0 Å². The van der Waals surface area contributed by atoms with Crippen LogP contribution in [0.25, 0.3) is 11.1 Å². The molecular weight excluding hydrogens is 523 g/mol. The van der Waals surface area contributed by atoms with Crippen LogP contribution in [0.1, 0.15) is 49.9 Å². The van der Waals surface area contributed by atoms with E-state index in [1.54, 1.807) is 0 Å². The Labute approximate surface area is 248 Å². The van der Waals surface area contributed by atoms with Crippen molar-refractivity contribution in [2.75, 3.05) is 13.2 Å². The van der Waals surface area contributed by atoms with Gasteiger partial charge in [0.25, 0.3) is 0 Å². The van der Waals surface area contributed by atoms with Crippen molar-refractivity contribution in [2.45, 2.75) is 44.3 Å². The molecule has 1 aliphatic heterocycles. The third-order valence-electron chi connectivity index (χ3n) is 8.83. The Balaban J connectivity index is 1.52. The second kappa shape index (κ2) is 10.6. The smallest absolute Gasteiger partial charge is 0.490 e. The van der Waals surface area contributed by atoms with Crippen molar-refractivity contribution in [1.82, 2.24) is 0 Å². The number of hydrogen-bond acceptors (Lipinski definition) is 5. The Morgan fingerprint density at radius 3 is 1.88 bits per heavy atom. The molecule has 1 fully saturated rings. The molecule has 1 saturated heterocycles. The fourth-order valence-corrected chi connectivity index (χ4v) is 6.06. The van der Waals surface area contributed by atoms with Gasteiger partial charge in [-0.25, -0.2) is 4.79 Å². The van der Waals surface area contributed by atoms with Crippen LogP contribution in [0.4, 0.5) is 0 Å². The summed E-state index contributed by atoms with van der Waals surface area (Å²) < 4.78 is 24.2. The summed E-state index contributed by atoms with van der Waals surface area (Å²) >= 11 is 0. The molecule has 0 N–H and O–H groups in total. The molecule has 0 saturated carbocycles. The lowest BCUT2D eigenvalue weighted by molar-refractivity contribution is -0.138. The third-order valence-corrected chi connectivity index (χ3v) is 8.83. The highest BCUT2D eigenvalue weighted by molar-refractivity contribution is 6.62. The molecule has 42 heavy (non-hydrogen) atoms. The summed E-state index contributed by atoms with van der Waals surface area (Å²) in [5.41, 5.74) is 6.38. The monoisotopic (exact) mass is 558 g/mol. The van der Waals surface area contributed by atoms with Gasteiger partial charge in [-0.1, -0.05) is 91.5 Å². The Bertz CT molecular complexity index is 1570. The summed E-state index contributed by atoms with van der Waals surface area (Å²) in [5, 5.41) is 0. The fraction of sp³-hybridized carbons (Fsp3) is 0.250. The standard InChI is InChI=1S/C36H35BO5/c1-6-33(38)40-22-21-39-28-18-20-30-29-19-17-27(37-41-34(2,3)35(4,5)42-37)23-31(29)36(32(30)24-28,25-13-9-7-10-14-25)26-15-11-8-12-16-26/h6-20,23-24H,1,21-22H2,2-5H3. The number of fused-ring (bicyclic) bond motifs is 3. The average molecular weight is 558 g/mol. The number of hydrogen-bond donors (Lipinski definition) is 0. The lowest BCUT2D eigenvalue weighted by Crippen LogP contribution is -2.41. The first-order valence-electron chi connectivity index (χ1n) is 14.4. The summed E-state index contributed by atoms with van der Waals surface area (Å²) in [5.74, 6) is 0.242. The Kier molecular flexibility index (Phi) is 7.08. The molecule has 0 aromatic heterocycles. The second-order valence-corrected chi connectivity index (χ2v) is 11.8. The van der Waals surface area contributed by atoms with E-state index < -0.39 is 29.7 Å². The molecule has 4 aromatic rings. The minimum absolute atomic E-state index is 0.141. The van der Waals surface area contributed by atoms with Crippen LogP contribution >= 0.6 is 0 Å². The molecule has 0 radical (unpaired) electrons. The molecule has 6 heteroatoms. The molecule has 0 unspecified atom stereocenters. The van der Waals surface area contributed by atoms with Gasteiger partial charge < -0.3 is 18.8 Å². The van der Waals surface area contributed by atoms with Crippen molar-refractivity contribution in [2.24, 2.45) is 0 Å². The maximum Gasteiger partial charge on any atom is 0.494 e. The molecule has 0 atom stereocenters. The zero-order chi connectivity index (χ0) is 29.5. The quantitative estimate of drug-likeness (QED) is 0.0948. The molecule has 212 valence electrons. The highest BCUT2D eigenvalue weighted by Gasteiger charge is 2.53. The van der Waals surface area contributed by atoms with Gasteiger partial charge >= 0.3 is 13.1 Å². The average Bonchev–Trinajstić information content (AvgIpc) is 3.41. The number of rotatable bonds is 8. The molecular formula is C36H35BO5. The van der Waals surface area contributed by atoms with Gasteiger partial charge in [-0.05, 0) is 78.7 Å². The fourth-order valence-electron chi connectivity index (χ4n) is 6.06. The van der Waals surface area contributed by atoms with Crippen molar-refractivity contribution < 1.29 is 23.6 Å². The van der Waals surface area contributed by atoms with Crippen molar-refractivity contribution in [3.05, 3.63) is 132 Å². The lowest BCUT2D eigenvalue weighted by Gasteiger charge is -2.34. The van der Waals surface area contributed by atoms with Crippen LogP contribution in [-0.4, -0.2) is 37.5 Å². The maximum atomic E-state index is 11.5. The largest absolute Gasteiger partial charge is 0.494 e. The van der Waals surface area contributed by atoms with E-state index in [2.05, 4.69) is 113 Å². The molecule has 6 rings (SSSR count). The van der Waals surface area contributed by atoms with Crippen LogP contribution in [0.5, 0.6) is 5.75 Å². The predicted octanol–water partition coefficient (Wildman–Crippen LogP) is 6.46. The predicted molar refractivity (Wildman–Crippen MR) is 166 cm³/mol. The first-order valence-corrected chi connectivity index (χ1v) is 14.4. The van der Waals surface area contributed by atoms with Gasteiger partial charge in [0.1, 0.15) is 19.0 Å². The molecule has 2 aliphatic rings. The summed E-state index contributed by atoms with van der Waals surface area (Å²) in [4.78, 5) is 11.5. The summed E-state index contributed by atoms with van der Waals surface area (Å²) in [6, 6.07) is 34.0.